The third-order valence-corrected chi connectivity index (χ3v) is 1.73. The van der Waals surface area contributed by atoms with Gasteiger partial charge in [-0.1, -0.05) is 0 Å². The molecular formula is C5H7B4FS. The lowest BCUT2D eigenvalue weighted by Crippen LogP contribution is -2.41. The van der Waals surface area contributed by atoms with Crippen LogP contribution in [0.25, 0.3) is 0 Å². The van der Waals surface area contributed by atoms with Crippen LogP contribution in [0.5, 0.6) is 0 Å². The number of alkyl halides is 1. The second-order valence-electron chi connectivity index (χ2n) is 2.62. The molecule has 1 atom stereocenters. The zero-order chi connectivity index (χ0) is 9.12. The van der Waals surface area contributed by atoms with Gasteiger partial charge in [-0.15, -0.1) is 5.11 Å². The third kappa shape index (κ3) is 3.64. The van der Waals surface area contributed by atoms with Gasteiger partial charge in [0.2, 0.25) is 0 Å². The topological polar surface area (TPSA) is 0 Å². The maximum atomic E-state index is 13.2. The zero-order valence-corrected chi connectivity index (χ0v) is 7.15. The molecule has 8 radical (unpaired) electrons. The Kier molecular flexibility index (Phi) is 4.17. The van der Waals surface area contributed by atoms with Crippen LogP contribution >= 0.6 is 12.6 Å². The summed E-state index contributed by atoms with van der Waals surface area (Å²) in [6.45, 7) is 0. The van der Waals surface area contributed by atoms with Crippen molar-refractivity contribution in [2.75, 3.05) is 5.75 Å². The molecule has 0 saturated heterocycles. The fourth-order valence-electron chi connectivity index (χ4n) is 0.553. The minimum atomic E-state index is -2.23. The Morgan fingerprint density at radius 1 is 1.18 bits per heavy atom. The molecule has 6 heteroatoms. The van der Waals surface area contributed by atoms with Crippen LogP contribution in [0.1, 0.15) is 12.8 Å². The molecule has 0 rings (SSSR count). The highest BCUT2D eigenvalue weighted by atomic mass is 32.1. The summed E-state index contributed by atoms with van der Waals surface area (Å²) in [7, 11) is 20.4. The van der Waals surface area contributed by atoms with Crippen molar-refractivity contribution in [3.8, 4) is 0 Å². The number of halogens is 1. The van der Waals surface area contributed by atoms with E-state index in [1.807, 2.05) is 0 Å². The van der Waals surface area contributed by atoms with E-state index in [2.05, 4.69) is 12.6 Å². The second-order valence-corrected chi connectivity index (χ2v) is 3.07. The van der Waals surface area contributed by atoms with Gasteiger partial charge in [0, 0.05) is 0 Å². The molecule has 0 aliphatic carbocycles. The molecule has 0 aliphatic rings. The van der Waals surface area contributed by atoms with E-state index in [0.29, 0.717) is 12.2 Å². The number of hydrogen-bond donors (Lipinski definition) is 1. The van der Waals surface area contributed by atoms with Gasteiger partial charge >= 0.3 is 0 Å². The standard InChI is InChI=1S/C5H7B4FS/c6-4(10,2-1-3-11)5(7,8)9/h11H,1-3H2. The fourth-order valence-corrected chi connectivity index (χ4v) is 0.711. The van der Waals surface area contributed by atoms with Crippen molar-refractivity contribution in [3.63, 3.8) is 0 Å². The van der Waals surface area contributed by atoms with E-state index in [-0.39, 0.29) is 6.42 Å². The Balaban J connectivity index is 4.00. The molecule has 52 valence electrons. The van der Waals surface area contributed by atoms with Crippen molar-refractivity contribution >= 4 is 44.0 Å². The molecule has 0 aromatic heterocycles. The smallest absolute Gasteiger partial charge is 0.118 e. The Labute approximate surface area is 78.1 Å². The molecule has 0 aliphatic heterocycles. The maximum Gasteiger partial charge on any atom is 0.118 e. The van der Waals surface area contributed by atoms with Gasteiger partial charge in [-0.3, -0.25) is 4.39 Å². The molecule has 0 nitrogen and oxygen atoms in total. The van der Waals surface area contributed by atoms with Gasteiger partial charge in [0.25, 0.3) is 0 Å². The van der Waals surface area contributed by atoms with Gasteiger partial charge in [0.05, 0.1) is 29.1 Å². The van der Waals surface area contributed by atoms with Crippen LogP contribution in [0.4, 0.5) is 4.39 Å². The lowest BCUT2D eigenvalue weighted by Gasteiger charge is -2.36. The predicted octanol–water partition coefficient (Wildman–Crippen LogP) is 0.110. The van der Waals surface area contributed by atoms with E-state index in [4.69, 9.17) is 31.4 Å². The van der Waals surface area contributed by atoms with Gasteiger partial charge in [-0.25, -0.2) is 0 Å². The maximum absolute atomic E-state index is 13.2. The van der Waals surface area contributed by atoms with Crippen molar-refractivity contribution in [2.24, 2.45) is 0 Å². The molecule has 0 fully saturated rings. The van der Waals surface area contributed by atoms with Crippen molar-refractivity contribution < 1.29 is 4.39 Å². The first kappa shape index (κ1) is 11.5. The van der Waals surface area contributed by atoms with Gasteiger partial charge in [0.1, 0.15) is 7.85 Å². The predicted molar refractivity (Wildman–Crippen MR) is 52.6 cm³/mol. The highest BCUT2D eigenvalue weighted by molar-refractivity contribution is 7.80. The van der Waals surface area contributed by atoms with Crippen molar-refractivity contribution in [1.82, 2.24) is 0 Å². The van der Waals surface area contributed by atoms with Gasteiger partial charge in [-0.2, -0.15) is 12.6 Å². The van der Waals surface area contributed by atoms with Crippen LogP contribution in [0.3, 0.4) is 0 Å². The van der Waals surface area contributed by atoms with Crippen LogP contribution in [-0.2, 0) is 0 Å². The molecule has 11 heavy (non-hydrogen) atoms. The average molecular weight is 161 g/mol. The molecule has 0 bridgehead atoms. The van der Waals surface area contributed by atoms with Gasteiger partial charge in [0.15, 0.2) is 0 Å². The lowest BCUT2D eigenvalue weighted by molar-refractivity contribution is 0.258. The SMILES string of the molecule is [B]C([B])([B])C([B])(F)CCCS. The molecule has 0 amide bonds. The molecule has 0 heterocycles. The van der Waals surface area contributed by atoms with Crippen LogP contribution in [0.2, 0.25) is 5.11 Å². The monoisotopic (exact) mass is 162 g/mol. The van der Waals surface area contributed by atoms with E-state index >= 15 is 0 Å². The van der Waals surface area contributed by atoms with Crippen molar-refractivity contribution in [1.29, 1.82) is 0 Å². The summed E-state index contributed by atoms with van der Waals surface area (Å²) in [5.41, 5.74) is -2.23. The molecule has 0 saturated carbocycles. The number of hydrogen-bond acceptors (Lipinski definition) is 1. The minimum Gasteiger partial charge on any atom is -0.257 e. The summed E-state index contributed by atoms with van der Waals surface area (Å²) in [5.74, 6) is 0.527. The Bertz CT molecular complexity index is 122. The Morgan fingerprint density at radius 2 is 1.64 bits per heavy atom. The van der Waals surface area contributed by atoms with Gasteiger partial charge in [-0.05, 0) is 18.6 Å². The Hall–Kier alpha value is 0.540. The average Bonchev–Trinajstić information content (AvgIpc) is 1.81. The van der Waals surface area contributed by atoms with E-state index in [1.54, 1.807) is 0 Å². The van der Waals surface area contributed by atoms with E-state index in [9.17, 15) is 4.39 Å². The van der Waals surface area contributed by atoms with Crippen molar-refractivity contribution in [3.05, 3.63) is 0 Å². The second kappa shape index (κ2) is 3.97. The summed E-state index contributed by atoms with van der Waals surface area (Å²) < 4.78 is 13.2. The zero-order valence-electron chi connectivity index (χ0n) is 6.26. The fraction of sp³-hybridized carbons (Fsp3) is 1.00. The quantitative estimate of drug-likeness (QED) is 0.439. The summed E-state index contributed by atoms with van der Waals surface area (Å²) in [4.78, 5) is 0. The molecular weight excluding hydrogens is 154 g/mol. The summed E-state index contributed by atoms with van der Waals surface area (Å²) in [6.07, 6.45) is 0.503. The van der Waals surface area contributed by atoms with Crippen LogP contribution in [-0.4, -0.2) is 42.7 Å². The molecule has 0 spiro atoms. The Morgan fingerprint density at radius 3 is 1.91 bits per heavy atom. The first-order chi connectivity index (χ1) is 4.81. The molecule has 0 N–H and O–H groups in total. The third-order valence-electron chi connectivity index (χ3n) is 1.42. The highest BCUT2D eigenvalue weighted by Crippen LogP contribution is 2.33. The van der Waals surface area contributed by atoms with Crippen LogP contribution in [0.15, 0.2) is 0 Å². The number of thiol groups is 1. The van der Waals surface area contributed by atoms with Gasteiger partial charge < -0.3 is 0 Å². The first-order valence-corrected chi connectivity index (χ1v) is 3.90. The number of rotatable bonds is 4. The van der Waals surface area contributed by atoms with E-state index in [0.717, 1.165) is 0 Å². The van der Waals surface area contributed by atoms with Crippen LogP contribution in [0, 0.1) is 0 Å². The van der Waals surface area contributed by atoms with Crippen molar-refractivity contribution in [2.45, 2.75) is 23.5 Å². The normalized spacial score (nSPS) is 17.6. The first-order valence-electron chi connectivity index (χ1n) is 3.26. The molecule has 0 aromatic rings. The van der Waals surface area contributed by atoms with Crippen LogP contribution < -0.4 is 0 Å². The highest BCUT2D eigenvalue weighted by Gasteiger charge is 2.34. The summed E-state index contributed by atoms with van der Waals surface area (Å²) >= 11 is 3.88. The minimum absolute atomic E-state index is 0.0139. The molecule has 0 aromatic carbocycles. The summed E-state index contributed by atoms with van der Waals surface area (Å²) in [6, 6.07) is 0. The largest absolute Gasteiger partial charge is 0.257 e. The summed E-state index contributed by atoms with van der Waals surface area (Å²) in [5, 5.41) is -1.98. The van der Waals surface area contributed by atoms with E-state index in [1.165, 1.54) is 0 Å². The lowest BCUT2D eigenvalue weighted by atomic mass is 9.32. The van der Waals surface area contributed by atoms with E-state index < -0.39 is 10.7 Å². The molecule has 1 unspecified atom stereocenters.